The molecule has 0 aliphatic rings. The van der Waals surface area contributed by atoms with Crippen LogP contribution in [0.1, 0.15) is 35.4 Å². The van der Waals surface area contributed by atoms with Crippen LogP contribution in [0.2, 0.25) is 0 Å². The summed E-state index contributed by atoms with van der Waals surface area (Å²) >= 11 is 0. The van der Waals surface area contributed by atoms with Crippen LogP contribution in [-0.2, 0) is 24.3 Å². The molecule has 198 valence electrons. The zero-order valence-corrected chi connectivity index (χ0v) is 22.7. The van der Waals surface area contributed by atoms with Gasteiger partial charge in [-0.15, -0.1) is 0 Å². The highest BCUT2D eigenvalue weighted by molar-refractivity contribution is 5.79. The summed E-state index contributed by atoms with van der Waals surface area (Å²) in [5.74, 6) is 1.82. The van der Waals surface area contributed by atoms with Gasteiger partial charge in [0.15, 0.2) is 0 Å². The predicted molar refractivity (Wildman–Crippen MR) is 158 cm³/mol. The van der Waals surface area contributed by atoms with Crippen molar-refractivity contribution in [2.24, 2.45) is 0 Å². The number of unbranched alkanes of at least 4 members (excludes halogenated alkanes) is 1. The fraction of sp³-hybridized carbons (Fsp3) is 0.235. The maximum Gasteiger partial charge on any atom is 0.224 e. The maximum atomic E-state index is 12.8. The van der Waals surface area contributed by atoms with Crippen molar-refractivity contribution in [3.63, 3.8) is 0 Å². The second-order valence-corrected chi connectivity index (χ2v) is 9.94. The third kappa shape index (κ3) is 6.55. The first-order valence-corrected chi connectivity index (χ1v) is 13.6. The second kappa shape index (κ2) is 12.4. The topological polar surface area (TPSA) is 56.1 Å². The number of fused-ring (bicyclic) bond motifs is 1. The molecule has 0 fully saturated rings. The number of rotatable bonds is 11. The zero-order valence-electron chi connectivity index (χ0n) is 22.7. The molecule has 0 saturated carbocycles. The summed E-state index contributed by atoms with van der Waals surface area (Å²) in [5, 5.41) is 3.08. The summed E-state index contributed by atoms with van der Waals surface area (Å²) in [5.41, 5.74) is 7.79. The van der Waals surface area contributed by atoms with Gasteiger partial charge in [0.25, 0.3) is 0 Å². The number of carbonyl (C=O) groups excluding carboxylic acids is 1. The molecule has 0 bridgehead atoms. The van der Waals surface area contributed by atoms with E-state index in [0.29, 0.717) is 19.6 Å². The molecule has 5 nitrogen and oxygen atoms in total. The first-order chi connectivity index (χ1) is 19.1. The van der Waals surface area contributed by atoms with Crippen LogP contribution in [-0.4, -0.2) is 22.1 Å². The highest BCUT2D eigenvalue weighted by Gasteiger charge is 2.12. The van der Waals surface area contributed by atoms with Gasteiger partial charge in [0.2, 0.25) is 5.91 Å². The molecule has 0 spiro atoms. The molecule has 1 heterocycles. The molecule has 5 rings (SSSR count). The number of para-hydroxylation sites is 2. The van der Waals surface area contributed by atoms with Crippen LogP contribution in [0.5, 0.6) is 5.75 Å². The Hall–Kier alpha value is -4.38. The minimum atomic E-state index is -0.0111. The molecule has 0 saturated heterocycles. The van der Waals surface area contributed by atoms with Crippen LogP contribution in [0.3, 0.4) is 0 Å². The molecule has 0 atom stereocenters. The Kier molecular flexibility index (Phi) is 8.37. The van der Waals surface area contributed by atoms with Crippen molar-refractivity contribution >= 4 is 16.9 Å². The molecule has 0 aliphatic heterocycles. The van der Waals surface area contributed by atoms with Crippen LogP contribution >= 0.6 is 0 Å². The molecule has 1 amide bonds. The van der Waals surface area contributed by atoms with Crippen molar-refractivity contribution in [2.45, 2.75) is 46.2 Å². The minimum absolute atomic E-state index is 0.0111. The lowest BCUT2D eigenvalue weighted by Crippen LogP contribution is -2.26. The Balaban J connectivity index is 1.16. The van der Waals surface area contributed by atoms with Gasteiger partial charge in [0.05, 0.1) is 30.6 Å². The van der Waals surface area contributed by atoms with E-state index in [2.05, 4.69) is 60.1 Å². The van der Waals surface area contributed by atoms with Crippen LogP contribution < -0.4 is 10.1 Å². The number of carbonyl (C=O) groups is 1. The quantitative estimate of drug-likeness (QED) is 0.191. The molecule has 0 aliphatic carbocycles. The van der Waals surface area contributed by atoms with Gasteiger partial charge in [-0.3, -0.25) is 4.79 Å². The molecule has 0 unspecified atom stereocenters. The Morgan fingerprint density at radius 2 is 1.56 bits per heavy atom. The van der Waals surface area contributed by atoms with Gasteiger partial charge in [-0.25, -0.2) is 4.98 Å². The number of aromatic nitrogens is 2. The van der Waals surface area contributed by atoms with Gasteiger partial charge >= 0.3 is 0 Å². The minimum Gasteiger partial charge on any atom is -0.493 e. The summed E-state index contributed by atoms with van der Waals surface area (Å²) in [6.07, 6.45) is 2.23. The van der Waals surface area contributed by atoms with E-state index in [1.54, 1.807) is 0 Å². The van der Waals surface area contributed by atoms with E-state index in [-0.39, 0.29) is 5.91 Å². The molecule has 4 aromatic carbocycles. The molecule has 1 N–H and O–H groups in total. The lowest BCUT2D eigenvalue weighted by Gasteiger charge is -2.12. The van der Waals surface area contributed by atoms with Crippen molar-refractivity contribution in [3.05, 3.63) is 120 Å². The predicted octanol–water partition coefficient (Wildman–Crippen LogP) is 7.04. The number of nitrogens with zero attached hydrogens (tertiary/aromatic N) is 2. The van der Waals surface area contributed by atoms with Crippen LogP contribution in [0.15, 0.2) is 97.1 Å². The second-order valence-electron chi connectivity index (χ2n) is 9.94. The number of ether oxygens (including phenoxy) is 1. The maximum absolute atomic E-state index is 12.8. The number of hydrogen-bond donors (Lipinski definition) is 1. The van der Waals surface area contributed by atoms with Crippen LogP contribution in [0.25, 0.3) is 22.2 Å². The first-order valence-electron chi connectivity index (χ1n) is 13.6. The van der Waals surface area contributed by atoms with E-state index in [9.17, 15) is 4.79 Å². The van der Waals surface area contributed by atoms with Gasteiger partial charge in [-0.1, -0.05) is 78.9 Å². The number of amides is 1. The average Bonchev–Trinajstić information content (AvgIpc) is 3.32. The first kappa shape index (κ1) is 26.2. The number of aryl methyl sites for hydroxylation is 2. The summed E-state index contributed by atoms with van der Waals surface area (Å²) in [4.78, 5) is 17.6. The van der Waals surface area contributed by atoms with E-state index < -0.39 is 0 Å². The standard InChI is InChI=1S/C34H35N3O2/c1-25-11-10-16-32(26(25)2)39-22-9-8-21-37-31-15-7-6-14-30(31)36-33(37)24-35-34(38)23-27-17-19-29(20-18-27)28-12-4-3-5-13-28/h3-7,10-20H,8-9,21-24H2,1-2H3,(H,35,38). The van der Waals surface area contributed by atoms with E-state index in [0.717, 1.165) is 53.1 Å². The Labute approximate surface area is 230 Å². The summed E-state index contributed by atoms with van der Waals surface area (Å²) in [6.45, 7) is 6.10. The van der Waals surface area contributed by atoms with Gasteiger partial charge in [0.1, 0.15) is 11.6 Å². The Morgan fingerprint density at radius 1 is 0.821 bits per heavy atom. The molecule has 5 aromatic rings. The summed E-state index contributed by atoms with van der Waals surface area (Å²) in [7, 11) is 0. The molecule has 39 heavy (non-hydrogen) atoms. The van der Waals surface area contributed by atoms with Crippen molar-refractivity contribution in [1.29, 1.82) is 0 Å². The molecule has 5 heteroatoms. The van der Waals surface area contributed by atoms with Crippen molar-refractivity contribution in [2.75, 3.05) is 6.61 Å². The number of benzene rings is 4. The number of imidazole rings is 1. The average molecular weight is 518 g/mol. The molecular formula is C34H35N3O2. The molecular weight excluding hydrogens is 482 g/mol. The molecule has 0 radical (unpaired) electrons. The van der Waals surface area contributed by atoms with E-state index in [4.69, 9.17) is 9.72 Å². The van der Waals surface area contributed by atoms with Crippen LogP contribution in [0, 0.1) is 13.8 Å². The van der Waals surface area contributed by atoms with Gasteiger partial charge < -0.3 is 14.6 Å². The number of nitrogens with one attached hydrogen (secondary N) is 1. The van der Waals surface area contributed by atoms with Gasteiger partial charge in [-0.2, -0.15) is 0 Å². The lowest BCUT2D eigenvalue weighted by atomic mass is 10.0. The fourth-order valence-electron chi connectivity index (χ4n) is 4.82. The van der Waals surface area contributed by atoms with Crippen molar-refractivity contribution < 1.29 is 9.53 Å². The molecule has 1 aromatic heterocycles. The zero-order chi connectivity index (χ0) is 27.0. The van der Waals surface area contributed by atoms with Crippen molar-refractivity contribution in [3.8, 4) is 16.9 Å². The summed E-state index contributed by atoms with van der Waals surface area (Å²) in [6, 6.07) is 32.8. The smallest absolute Gasteiger partial charge is 0.224 e. The Morgan fingerprint density at radius 3 is 2.38 bits per heavy atom. The fourth-order valence-corrected chi connectivity index (χ4v) is 4.82. The van der Waals surface area contributed by atoms with Gasteiger partial charge in [-0.05, 0) is 72.7 Å². The third-order valence-electron chi connectivity index (χ3n) is 7.19. The number of hydrogen-bond acceptors (Lipinski definition) is 3. The summed E-state index contributed by atoms with van der Waals surface area (Å²) < 4.78 is 8.27. The lowest BCUT2D eigenvalue weighted by molar-refractivity contribution is -0.120. The van der Waals surface area contributed by atoms with Crippen molar-refractivity contribution in [1.82, 2.24) is 14.9 Å². The largest absolute Gasteiger partial charge is 0.493 e. The normalized spacial score (nSPS) is 11.0. The van der Waals surface area contributed by atoms with Gasteiger partial charge in [0, 0.05) is 6.54 Å². The SMILES string of the molecule is Cc1cccc(OCCCCn2c(CNC(=O)Cc3ccc(-c4ccccc4)cc3)nc3ccccc32)c1C. The van der Waals surface area contributed by atoms with E-state index >= 15 is 0 Å². The van der Waals surface area contributed by atoms with E-state index in [1.165, 1.54) is 16.7 Å². The van der Waals surface area contributed by atoms with E-state index in [1.807, 2.05) is 60.7 Å². The Bertz CT molecular complexity index is 1540. The van der Waals surface area contributed by atoms with Crippen LogP contribution in [0.4, 0.5) is 0 Å². The third-order valence-corrected chi connectivity index (χ3v) is 7.19. The monoisotopic (exact) mass is 517 g/mol. The highest BCUT2D eigenvalue weighted by Crippen LogP contribution is 2.22. The highest BCUT2D eigenvalue weighted by atomic mass is 16.5.